The van der Waals surface area contributed by atoms with Gasteiger partial charge in [0.2, 0.25) is 15.9 Å². The maximum Gasteiger partial charge on any atom is 0.257 e. The van der Waals surface area contributed by atoms with E-state index < -0.39 is 39.2 Å². The number of thiazole rings is 1. The number of nitrogens with zero attached hydrogens (tertiary/aromatic N) is 4. The average molecular weight is 560 g/mol. The highest BCUT2D eigenvalue weighted by Gasteiger charge is 2.53. The lowest BCUT2D eigenvalue weighted by Gasteiger charge is -2.35. The zero-order valence-electron chi connectivity index (χ0n) is 22.1. The van der Waals surface area contributed by atoms with Crippen molar-refractivity contribution in [2.24, 2.45) is 10.4 Å². The molecule has 0 bridgehead atoms. The lowest BCUT2D eigenvalue weighted by Crippen LogP contribution is -2.55. The summed E-state index contributed by atoms with van der Waals surface area (Å²) in [6.45, 7) is 7.74. The minimum atomic E-state index is -3.61. The number of carbonyl (C=O) groups is 2. The van der Waals surface area contributed by atoms with Crippen LogP contribution in [-0.2, 0) is 25.2 Å². The molecule has 5 rings (SSSR count). The molecule has 4 heterocycles. The summed E-state index contributed by atoms with van der Waals surface area (Å²) in [6, 6.07) is 6.07. The third-order valence-electron chi connectivity index (χ3n) is 8.02. The Morgan fingerprint density at radius 3 is 2.50 bits per heavy atom. The summed E-state index contributed by atoms with van der Waals surface area (Å²) < 4.78 is 26.2. The Kier molecular flexibility index (Phi) is 6.53. The first-order valence-electron chi connectivity index (χ1n) is 12.6. The largest absolute Gasteiger partial charge is 0.391 e. The molecule has 0 saturated carbocycles. The van der Waals surface area contributed by atoms with Gasteiger partial charge in [-0.05, 0) is 36.8 Å². The van der Waals surface area contributed by atoms with Gasteiger partial charge in [-0.15, -0.1) is 11.3 Å². The molecule has 1 aromatic heterocycles. The van der Waals surface area contributed by atoms with Crippen molar-refractivity contribution >= 4 is 39.0 Å². The average Bonchev–Trinajstić information content (AvgIpc) is 3.59. The summed E-state index contributed by atoms with van der Waals surface area (Å²) in [7, 11) is -3.61. The zero-order valence-corrected chi connectivity index (χ0v) is 23.8. The number of β-amino-alcohol motifs (C(OH)–C–C–N with tert-alkyl or cyclic N) is 1. The van der Waals surface area contributed by atoms with E-state index in [2.05, 4.69) is 10.3 Å². The summed E-state index contributed by atoms with van der Waals surface area (Å²) in [5, 5.41) is 13.4. The molecule has 0 radical (unpaired) electrons. The van der Waals surface area contributed by atoms with E-state index in [1.807, 2.05) is 45.0 Å². The van der Waals surface area contributed by atoms with Crippen LogP contribution in [0.2, 0.25) is 0 Å². The first-order chi connectivity index (χ1) is 17.7. The van der Waals surface area contributed by atoms with Gasteiger partial charge in [0.25, 0.3) is 5.91 Å². The molecule has 3 aliphatic rings. The Balaban J connectivity index is 1.45. The molecule has 38 heavy (non-hydrogen) atoms. The number of aliphatic hydroxyl groups excluding tert-OH is 1. The second-order valence-corrected chi connectivity index (χ2v) is 14.1. The van der Waals surface area contributed by atoms with Crippen molar-refractivity contribution in [1.29, 1.82) is 0 Å². The molecule has 2 saturated heterocycles. The number of aryl methyl sites for hydroxylation is 1. The van der Waals surface area contributed by atoms with E-state index in [0.29, 0.717) is 17.8 Å². The highest BCUT2D eigenvalue weighted by molar-refractivity contribution is 7.88. The van der Waals surface area contributed by atoms with Crippen LogP contribution in [0, 0.1) is 12.3 Å². The molecule has 10 nitrogen and oxygen atoms in total. The fourth-order valence-corrected chi connectivity index (χ4v) is 7.77. The number of hydrogen-bond donors (Lipinski definition) is 2. The fourth-order valence-electron chi connectivity index (χ4n) is 5.78. The normalized spacial score (nSPS) is 29.5. The molecular weight excluding hydrogens is 526 g/mol. The Morgan fingerprint density at radius 2 is 1.89 bits per heavy atom. The Labute approximate surface area is 226 Å². The van der Waals surface area contributed by atoms with E-state index >= 15 is 0 Å². The van der Waals surface area contributed by atoms with Gasteiger partial charge in [0.15, 0.2) is 5.54 Å². The van der Waals surface area contributed by atoms with E-state index in [1.165, 1.54) is 9.21 Å². The van der Waals surface area contributed by atoms with E-state index in [0.717, 1.165) is 22.4 Å². The number of aliphatic imine (C=N–C) groups is 1. The molecule has 3 aliphatic heterocycles. The van der Waals surface area contributed by atoms with Gasteiger partial charge in [-0.25, -0.2) is 18.4 Å². The standard InChI is InChI=1S/C26H33N5O5S2/c1-15-20(37-14-27-15)16-6-8-17(9-7-16)26(4)24(34)28-22(29-26)19-12-18(32)13-30(19)23(33)21-25(2,3)10-11-31(21)38(5,35)36/h6-9,14,18-19,21,32H,10-13H2,1-5H3,(H,28,29,34)/t18-,19-,21?,26?/m1/s1. The van der Waals surface area contributed by atoms with Crippen molar-refractivity contribution in [2.45, 2.75) is 64.3 Å². The molecule has 2 aromatic rings. The molecule has 1 aromatic carbocycles. The first kappa shape index (κ1) is 26.9. The topological polar surface area (TPSA) is 132 Å². The molecule has 2 amide bonds. The van der Waals surface area contributed by atoms with Crippen LogP contribution in [0.15, 0.2) is 34.8 Å². The van der Waals surface area contributed by atoms with Gasteiger partial charge in [0, 0.05) is 19.5 Å². The van der Waals surface area contributed by atoms with Crippen molar-refractivity contribution in [2.75, 3.05) is 19.3 Å². The van der Waals surface area contributed by atoms with Gasteiger partial charge in [-0.1, -0.05) is 38.1 Å². The molecule has 4 atom stereocenters. The van der Waals surface area contributed by atoms with Crippen LogP contribution >= 0.6 is 11.3 Å². The Bertz CT molecular complexity index is 1420. The molecule has 204 valence electrons. The van der Waals surface area contributed by atoms with Gasteiger partial charge in [-0.2, -0.15) is 4.31 Å². The SMILES string of the molecule is Cc1ncsc1-c1ccc(C2(C)N=C([C@H]3C[C@@H](O)CN3C(=O)C3N(S(C)(=O)=O)CCC3(C)C)NC2=O)cc1. The molecule has 0 spiro atoms. The van der Waals surface area contributed by atoms with Crippen LogP contribution in [0.25, 0.3) is 10.4 Å². The van der Waals surface area contributed by atoms with Crippen LogP contribution in [-0.4, -0.2) is 82.9 Å². The Hall–Kier alpha value is -2.67. The number of likely N-dealkylation sites (tertiary alicyclic amines) is 1. The van der Waals surface area contributed by atoms with Crippen LogP contribution < -0.4 is 5.32 Å². The Morgan fingerprint density at radius 1 is 1.21 bits per heavy atom. The van der Waals surface area contributed by atoms with Gasteiger partial charge in [0.1, 0.15) is 11.9 Å². The summed E-state index contributed by atoms with van der Waals surface area (Å²) in [6.07, 6.45) is 1.05. The third kappa shape index (κ3) is 4.47. The van der Waals surface area contributed by atoms with Crippen molar-refractivity contribution in [1.82, 2.24) is 19.5 Å². The molecule has 2 fully saturated rings. The van der Waals surface area contributed by atoms with Crippen molar-refractivity contribution in [3.8, 4) is 10.4 Å². The zero-order chi connectivity index (χ0) is 27.6. The fraction of sp³-hybridized carbons (Fsp3) is 0.538. The second kappa shape index (κ2) is 9.22. The van der Waals surface area contributed by atoms with Crippen molar-refractivity contribution < 1.29 is 23.1 Å². The summed E-state index contributed by atoms with van der Waals surface area (Å²) in [5.74, 6) is -0.386. The number of sulfonamides is 1. The minimum Gasteiger partial charge on any atom is -0.391 e. The molecule has 2 unspecified atom stereocenters. The number of amidine groups is 1. The lowest BCUT2D eigenvalue weighted by molar-refractivity contribution is -0.137. The number of benzene rings is 1. The molecular formula is C26H33N5O5S2. The number of amides is 2. The van der Waals surface area contributed by atoms with Gasteiger partial charge in [0.05, 0.1) is 34.5 Å². The third-order valence-corrected chi connectivity index (χ3v) is 10.2. The predicted molar refractivity (Wildman–Crippen MR) is 145 cm³/mol. The number of aromatic nitrogens is 1. The van der Waals surface area contributed by atoms with Gasteiger partial charge in [-0.3, -0.25) is 9.59 Å². The lowest BCUT2D eigenvalue weighted by atomic mass is 9.84. The summed E-state index contributed by atoms with van der Waals surface area (Å²) in [5.41, 5.74) is 2.66. The highest BCUT2D eigenvalue weighted by atomic mass is 32.2. The maximum absolute atomic E-state index is 13.9. The number of aliphatic hydroxyl groups is 1. The number of carbonyl (C=O) groups excluding carboxylic acids is 2. The smallest absolute Gasteiger partial charge is 0.257 e. The van der Waals surface area contributed by atoms with Crippen LogP contribution in [0.1, 0.15) is 44.9 Å². The number of nitrogens with one attached hydrogen (secondary N) is 1. The molecule has 12 heteroatoms. The number of rotatable bonds is 5. The number of hydrogen-bond acceptors (Lipinski definition) is 8. The second-order valence-electron chi connectivity index (χ2n) is 11.3. The van der Waals surface area contributed by atoms with Crippen molar-refractivity contribution in [3.05, 3.63) is 41.0 Å². The van der Waals surface area contributed by atoms with Crippen molar-refractivity contribution in [3.63, 3.8) is 0 Å². The van der Waals surface area contributed by atoms with E-state index in [9.17, 15) is 23.1 Å². The molecule has 0 aliphatic carbocycles. The van der Waals surface area contributed by atoms with Gasteiger partial charge < -0.3 is 15.3 Å². The van der Waals surface area contributed by atoms with Crippen LogP contribution in [0.4, 0.5) is 0 Å². The monoisotopic (exact) mass is 559 g/mol. The van der Waals surface area contributed by atoms with Crippen LogP contribution in [0.5, 0.6) is 0 Å². The minimum absolute atomic E-state index is 0.0438. The van der Waals surface area contributed by atoms with E-state index in [4.69, 9.17) is 4.99 Å². The quantitative estimate of drug-likeness (QED) is 0.575. The van der Waals surface area contributed by atoms with E-state index in [1.54, 1.807) is 23.8 Å². The van der Waals surface area contributed by atoms with Crippen LogP contribution in [0.3, 0.4) is 0 Å². The molecule has 2 N–H and O–H groups in total. The summed E-state index contributed by atoms with van der Waals surface area (Å²) in [4.78, 5) is 38.7. The summed E-state index contributed by atoms with van der Waals surface area (Å²) >= 11 is 1.55. The maximum atomic E-state index is 13.9. The first-order valence-corrected chi connectivity index (χ1v) is 15.3. The van der Waals surface area contributed by atoms with E-state index in [-0.39, 0.29) is 31.3 Å². The highest BCUT2D eigenvalue weighted by Crippen LogP contribution is 2.40. The predicted octanol–water partition coefficient (Wildman–Crippen LogP) is 1.88. The van der Waals surface area contributed by atoms with Gasteiger partial charge >= 0.3 is 0 Å².